The van der Waals surface area contributed by atoms with Crippen LogP contribution in [0.4, 0.5) is 5.82 Å². The summed E-state index contributed by atoms with van der Waals surface area (Å²) in [4.78, 5) is 17.5. The van der Waals surface area contributed by atoms with E-state index >= 15 is 0 Å². The van der Waals surface area contributed by atoms with Crippen LogP contribution in [0.5, 0.6) is 0 Å². The van der Waals surface area contributed by atoms with Crippen LogP contribution in [-0.2, 0) is 4.79 Å². The van der Waals surface area contributed by atoms with Gasteiger partial charge in [0.15, 0.2) is 0 Å². The Balaban J connectivity index is 2.17. The quantitative estimate of drug-likeness (QED) is 0.755. The van der Waals surface area contributed by atoms with E-state index in [1.807, 2.05) is 18.2 Å². The number of hydrogen-bond acceptors (Lipinski definition) is 2. The summed E-state index contributed by atoms with van der Waals surface area (Å²) in [6.45, 7) is 0.779. The lowest BCUT2D eigenvalue weighted by Crippen LogP contribution is -2.25. The summed E-state index contributed by atoms with van der Waals surface area (Å²) in [7, 11) is 0. The highest BCUT2D eigenvalue weighted by atomic mass is 79.9. The third-order valence-electron chi connectivity index (χ3n) is 2.35. The molecular weight excluding hydrogens is 244 g/mol. The third kappa shape index (κ3) is 1.80. The van der Waals surface area contributed by atoms with Gasteiger partial charge in [-0.15, -0.1) is 0 Å². The molecule has 1 aliphatic rings. The van der Waals surface area contributed by atoms with E-state index in [2.05, 4.69) is 20.9 Å². The number of pyridine rings is 1. The number of aromatic nitrogens is 1. The fourth-order valence-electron chi connectivity index (χ4n) is 1.62. The molecule has 1 unspecified atom stereocenters. The van der Waals surface area contributed by atoms with E-state index in [1.165, 1.54) is 0 Å². The molecule has 0 bridgehead atoms. The van der Waals surface area contributed by atoms with E-state index in [0.717, 1.165) is 17.7 Å². The van der Waals surface area contributed by atoms with Crippen LogP contribution in [0.2, 0.25) is 0 Å². The maximum atomic E-state index is 11.6. The van der Waals surface area contributed by atoms with Gasteiger partial charge in [0.05, 0.1) is 0 Å². The number of rotatable bonds is 2. The highest BCUT2D eigenvalue weighted by molar-refractivity contribution is 9.09. The van der Waals surface area contributed by atoms with Crippen LogP contribution in [0.15, 0.2) is 24.4 Å². The van der Waals surface area contributed by atoms with Crippen molar-refractivity contribution in [2.45, 2.75) is 6.42 Å². The number of amides is 1. The zero-order chi connectivity index (χ0) is 9.97. The molecule has 1 saturated heterocycles. The second kappa shape index (κ2) is 4.09. The smallest absolute Gasteiger partial charge is 0.228 e. The molecule has 0 aliphatic carbocycles. The fraction of sp³-hybridized carbons (Fsp3) is 0.400. The first-order valence-electron chi connectivity index (χ1n) is 4.58. The van der Waals surface area contributed by atoms with E-state index < -0.39 is 0 Å². The van der Waals surface area contributed by atoms with E-state index in [4.69, 9.17) is 0 Å². The minimum Gasteiger partial charge on any atom is -0.297 e. The van der Waals surface area contributed by atoms with E-state index in [9.17, 15) is 4.79 Å². The number of carbonyl (C=O) groups excluding carboxylic acids is 1. The molecule has 4 heteroatoms. The first kappa shape index (κ1) is 9.65. The number of anilines is 1. The van der Waals surface area contributed by atoms with Gasteiger partial charge in [-0.25, -0.2) is 4.98 Å². The number of nitrogens with zero attached hydrogens (tertiary/aromatic N) is 2. The lowest BCUT2D eigenvalue weighted by molar-refractivity contribution is -0.117. The summed E-state index contributed by atoms with van der Waals surface area (Å²) in [5.74, 6) is 1.36. The Kier molecular flexibility index (Phi) is 2.82. The monoisotopic (exact) mass is 254 g/mol. The van der Waals surface area contributed by atoms with Crippen molar-refractivity contribution in [3.05, 3.63) is 24.4 Å². The van der Waals surface area contributed by atoms with Gasteiger partial charge in [-0.3, -0.25) is 9.69 Å². The average Bonchev–Trinajstić information content (AvgIpc) is 2.61. The summed E-state index contributed by atoms with van der Waals surface area (Å²) in [6.07, 6.45) is 2.34. The van der Waals surface area contributed by atoms with Gasteiger partial charge in [-0.05, 0) is 18.1 Å². The minimum absolute atomic E-state index is 0.174. The Hall–Kier alpha value is -0.900. The number of alkyl halides is 1. The second-order valence-electron chi connectivity index (χ2n) is 3.42. The average molecular weight is 255 g/mol. The summed E-state index contributed by atoms with van der Waals surface area (Å²) >= 11 is 3.40. The summed E-state index contributed by atoms with van der Waals surface area (Å²) in [6, 6.07) is 5.62. The van der Waals surface area contributed by atoms with E-state index in [-0.39, 0.29) is 5.91 Å². The number of carbonyl (C=O) groups is 1. The molecule has 1 aromatic rings. The van der Waals surface area contributed by atoms with Gasteiger partial charge in [0.25, 0.3) is 0 Å². The van der Waals surface area contributed by atoms with E-state index in [1.54, 1.807) is 11.1 Å². The van der Waals surface area contributed by atoms with Crippen LogP contribution in [0.25, 0.3) is 0 Å². The predicted octanol–water partition coefficient (Wildman–Crippen LogP) is 1.83. The standard InChI is InChI=1S/C10H11BrN2O/c11-6-8-5-10(14)13(7-8)9-3-1-2-4-12-9/h1-4,8H,5-7H2. The summed E-state index contributed by atoms with van der Waals surface area (Å²) in [5.41, 5.74) is 0. The lowest BCUT2D eigenvalue weighted by atomic mass is 10.2. The van der Waals surface area contributed by atoms with Crippen molar-refractivity contribution in [2.75, 3.05) is 16.8 Å². The minimum atomic E-state index is 0.174. The molecule has 14 heavy (non-hydrogen) atoms. The molecule has 0 radical (unpaired) electrons. The van der Waals surface area contributed by atoms with Crippen LogP contribution in [0.1, 0.15) is 6.42 Å². The van der Waals surface area contributed by atoms with Crippen molar-refractivity contribution in [1.82, 2.24) is 4.98 Å². The van der Waals surface area contributed by atoms with Gasteiger partial charge in [-0.2, -0.15) is 0 Å². The Bertz CT molecular complexity index is 328. The van der Waals surface area contributed by atoms with Gasteiger partial charge in [0, 0.05) is 24.5 Å². The molecule has 1 fully saturated rings. The Morgan fingerprint density at radius 2 is 2.43 bits per heavy atom. The van der Waals surface area contributed by atoms with E-state index in [0.29, 0.717) is 12.3 Å². The highest BCUT2D eigenvalue weighted by Gasteiger charge is 2.30. The van der Waals surface area contributed by atoms with Gasteiger partial charge in [0.2, 0.25) is 5.91 Å². The molecule has 1 aromatic heterocycles. The largest absolute Gasteiger partial charge is 0.297 e. The molecule has 2 rings (SSSR count). The second-order valence-corrected chi connectivity index (χ2v) is 4.06. The Morgan fingerprint density at radius 3 is 3.00 bits per heavy atom. The van der Waals surface area contributed by atoms with Gasteiger partial charge < -0.3 is 0 Å². The van der Waals surface area contributed by atoms with Crippen LogP contribution < -0.4 is 4.90 Å². The van der Waals surface area contributed by atoms with Crippen molar-refractivity contribution in [3.63, 3.8) is 0 Å². The van der Waals surface area contributed by atoms with Gasteiger partial charge in [-0.1, -0.05) is 22.0 Å². The highest BCUT2D eigenvalue weighted by Crippen LogP contribution is 2.23. The third-order valence-corrected chi connectivity index (χ3v) is 3.26. The van der Waals surface area contributed by atoms with Gasteiger partial charge in [0.1, 0.15) is 5.82 Å². The topological polar surface area (TPSA) is 33.2 Å². The summed E-state index contributed by atoms with van der Waals surface area (Å²) < 4.78 is 0. The van der Waals surface area contributed by atoms with Crippen LogP contribution in [0.3, 0.4) is 0 Å². The lowest BCUT2D eigenvalue weighted by Gasteiger charge is -2.14. The number of halogens is 1. The van der Waals surface area contributed by atoms with Crippen LogP contribution in [0, 0.1) is 5.92 Å². The molecule has 3 nitrogen and oxygen atoms in total. The fourth-order valence-corrected chi connectivity index (χ4v) is 2.05. The molecular formula is C10H11BrN2O. The summed E-state index contributed by atoms with van der Waals surface area (Å²) in [5, 5.41) is 0.877. The predicted molar refractivity (Wildman–Crippen MR) is 58.5 cm³/mol. The van der Waals surface area contributed by atoms with Crippen LogP contribution >= 0.6 is 15.9 Å². The Labute approximate surface area is 91.3 Å². The molecule has 0 aromatic carbocycles. The van der Waals surface area contributed by atoms with Crippen molar-refractivity contribution >= 4 is 27.7 Å². The van der Waals surface area contributed by atoms with Crippen molar-refractivity contribution < 1.29 is 4.79 Å². The molecule has 1 atom stereocenters. The molecule has 2 heterocycles. The Morgan fingerprint density at radius 1 is 1.57 bits per heavy atom. The zero-order valence-corrected chi connectivity index (χ0v) is 9.27. The zero-order valence-electron chi connectivity index (χ0n) is 7.69. The van der Waals surface area contributed by atoms with Crippen LogP contribution in [-0.4, -0.2) is 22.8 Å². The maximum absolute atomic E-state index is 11.6. The number of hydrogen-bond donors (Lipinski definition) is 0. The van der Waals surface area contributed by atoms with Crippen molar-refractivity contribution in [3.8, 4) is 0 Å². The molecule has 1 amide bonds. The first-order valence-corrected chi connectivity index (χ1v) is 5.71. The van der Waals surface area contributed by atoms with Crippen molar-refractivity contribution in [2.24, 2.45) is 5.92 Å². The van der Waals surface area contributed by atoms with Gasteiger partial charge >= 0.3 is 0 Å². The molecule has 0 N–H and O–H groups in total. The van der Waals surface area contributed by atoms with Crippen molar-refractivity contribution in [1.29, 1.82) is 0 Å². The SMILES string of the molecule is O=C1CC(CBr)CN1c1ccccn1. The first-order chi connectivity index (χ1) is 6.81. The normalized spacial score (nSPS) is 21.6. The molecule has 74 valence electrons. The maximum Gasteiger partial charge on any atom is 0.228 e. The molecule has 1 aliphatic heterocycles. The molecule has 0 spiro atoms. The molecule has 0 saturated carbocycles.